The summed E-state index contributed by atoms with van der Waals surface area (Å²) in [5, 5.41) is 3.96. The molecule has 31 heavy (non-hydrogen) atoms. The maximum absolute atomic E-state index is 14.0. The van der Waals surface area contributed by atoms with Crippen LogP contribution >= 0.6 is 0 Å². The van der Waals surface area contributed by atoms with Gasteiger partial charge in [-0.25, -0.2) is 13.2 Å². The van der Waals surface area contributed by atoms with Crippen LogP contribution in [0, 0.1) is 17.5 Å². The van der Waals surface area contributed by atoms with Crippen LogP contribution in [0.15, 0.2) is 41.2 Å². The van der Waals surface area contributed by atoms with E-state index in [1.165, 1.54) is 11.0 Å². The first-order chi connectivity index (χ1) is 14.8. The van der Waals surface area contributed by atoms with Crippen LogP contribution in [0.25, 0.3) is 21.7 Å². The number of nitrogens with zero attached hydrogens (tertiary/aromatic N) is 1. The van der Waals surface area contributed by atoms with Gasteiger partial charge in [-0.05, 0) is 29.7 Å². The van der Waals surface area contributed by atoms with Gasteiger partial charge < -0.3 is 20.2 Å². The van der Waals surface area contributed by atoms with Gasteiger partial charge in [0.1, 0.15) is 11.5 Å². The Morgan fingerprint density at radius 2 is 1.77 bits per heavy atom. The molecule has 1 amide bonds. The smallest absolute Gasteiger partial charge is 0.270 e. The van der Waals surface area contributed by atoms with Gasteiger partial charge in [0.25, 0.3) is 11.5 Å². The molecule has 1 atom stereocenters. The summed E-state index contributed by atoms with van der Waals surface area (Å²) in [5.41, 5.74) is 0.942. The number of H-pyrrole nitrogens is 2. The third-order valence-corrected chi connectivity index (χ3v) is 5.78. The number of fused-ring (bicyclic) bond motifs is 4. The minimum Gasteiger partial charge on any atom is -0.348 e. The predicted molar refractivity (Wildman–Crippen MR) is 109 cm³/mol. The van der Waals surface area contributed by atoms with Gasteiger partial charge in [-0.15, -0.1) is 0 Å². The number of benzene rings is 2. The molecule has 2 aromatic heterocycles. The Morgan fingerprint density at radius 1 is 1.03 bits per heavy atom. The number of hydrogen-bond donors (Lipinski definition) is 3. The SMILES string of the molecule is CN(C(=O)c1cc2cccc(F)c2[nH]1)[C@H]1CNCc2[nH]c(=O)c3cc(F)c(F)cc3c21. The number of likely N-dealkylation sites (N-methyl/N-ethyl adjacent to an activating group) is 1. The number of amides is 1. The van der Waals surface area contributed by atoms with Crippen LogP contribution in [0.5, 0.6) is 0 Å². The van der Waals surface area contributed by atoms with Crippen molar-refractivity contribution < 1.29 is 18.0 Å². The van der Waals surface area contributed by atoms with Gasteiger partial charge in [0.05, 0.1) is 16.9 Å². The summed E-state index contributed by atoms with van der Waals surface area (Å²) in [6, 6.07) is 7.40. The molecule has 0 aliphatic carbocycles. The molecule has 0 saturated carbocycles. The molecule has 4 aromatic rings. The van der Waals surface area contributed by atoms with Gasteiger partial charge in [0.2, 0.25) is 0 Å². The molecular formula is C22H17F3N4O2. The largest absolute Gasteiger partial charge is 0.348 e. The molecule has 0 radical (unpaired) electrons. The number of carbonyl (C=O) groups excluding carboxylic acids is 1. The van der Waals surface area contributed by atoms with Crippen LogP contribution in [-0.2, 0) is 6.54 Å². The van der Waals surface area contributed by atoms with Crippen LogP contribution in [0.1, 0.15) is 27.8 Å². The molecular weight excluding hydrogens is 409 g/mol. The van der Waals surface area contributed by atoms with E-state index in [2.05, 4.69) is 15.3 Å². The molecule has 0 saturated heterocycles. The minimum atomic E-state index is -1.12. The third-order valence-electron chi connectivity index (χ3n) is 5.78. The van der Waals surface area contributed by atoms with Crippen molar-refractivity contribution in [3.8, 4) is 0 Å². The van der Waals surface area contributed by atoms with Crippen molar-refractivity contribution in [2.75, 3.05) is 13.6 Å². The van der Waals surface area contributed by atoms with Crippen LogP contribution in [0.3, 0.4) is 0 Å². The zero-order chi connectivity index (χ0) is 21.9. The molecule has 5 rings (SSSR count). The highest BCUT2D eigenvalue weighted by Gasteiger charge is 2.31. The van der Waals surface area contributed by atoms with Gasteiger partial charge in [0, 0.05) is 36.8 Å². The molecule has 0 unspecified atom stereocenters. The number of hydrogen-bond acceptors (Lipinski definition) is 3. The first-order valence-electron chi connectivity index (χ1n) is 9.64. The zero-order valence-corrected chi connectivity index (χ0v) is 16.4. The van der Waals surface area contributed by atoms with E-state index in [1.807, 2.05) is 0 Å². The zero-order valence-electron chi connectivity index (χ0n) is 16.4. The number of aromatic amines is 2. The monoisotopic (exact) mass is 426 g/mol. The lowest BCUT2D eigenvalue weighted by atomic mass is 9.93. The molecule has 6 nitrogen and oxygen atoms in total. The van der Waals surface area contributed by atoms with Gasteiger partial charge in [-0.3, -0.25) is 9.59 Å². The number of halogens is 3. The van der Waals surface area contributed by atoms with E-state index in [1.54, 1.807) is 25.2 Å². The normalized spacial score (nSPS) is 15.9. The summed E-state index contributed by atoms with van der Waals surface area (Å²) in [6.45, 7) is 0.652. The number of pyridine rings is 1. The molecule has 2 aromatic carbocycles. The summed E-state index contributed by atoms with van der Waals surface area (Å²) < 4.78 is 41.8. The minimum absolute atomic E-state index is 0.0121. The van der Waals surface area contributed by atoms with Crippen molar-refractivity contribution in [2.24, 2.45) is 0 Å². The van der Waals surface area contributed by atoms with Crippen molar-refractivity contribution in [1.29, 1.82) is 0 Å². The van der Waals surface area contributed by atoms with E-state index in [4.69, 9.17) is 0 Å². The fourth-order valence-electron chi connectivity index (χ4n) is 4.24. The fourth-order valence-corrected chi connectivity index (χ4v) is 4.24. The molecule has 0 bridgehead atoms. The van der Waals surface area contributed by atoms with Gasteiger partial charge >= 0.3 is 0 Å². The second-order valence-corrected chi connectivity index (χ2v) is 7.61. The number of nitrogens with one attached hydrogen (secondary N) is 3. The molecule has 1 aliphatic heterocycles. The molecule has 0 spiro atoms. The molecule has 0 fully saturated rings. The third kappa shape index (κ3) is 3.00. The average molecular weight is 426 g/mol. The maximum atomic E-state index is 14.0. The standard InChI is InChI=1S/C22H17F3N4O2/c1-29(22(31)16-5-10-3-2-4-13(23)20(10)27-16)18-9-26-8-17-19(18)11-6-14(24)15(25)7-12(11)21(30)28-17/h2-7,18,26-27H,8-9H2,1H3,(H,28,30)/t18-/m0/s1. The summed E-state index contributed by atoms with van der Waals surface area (Å²) in [5.74, 6) is -3.06. The Labute approximate surface area is 173 Å². The molecule has 9 heteroatoms. The highest BCUT2D eigenvalue weighted by molar-refractivity contribution is 5.98. The first-order valence-corrected chi connectivity index (χ1v) is 9.64. The molecule has 1 aliphatic rings. The highest BCUT2D eigenvalue weighted by atomic mass is 19.2. The van der Waals surface area contributed by atoms with Crippen LogP contribution in [0.4, 0.5) is 13.2 Å². The van der Waals surface area contributed by atoms with Crippen molar-refractivity contribution in [2.45, 2.75) is 12.6 Å². The summed E-state index contributed by atoms with van der Waals surface area (Å²) in [4.78, 5) is 32.5. The topological polar surface area (TPSA) is 81.0 Å². The number of aromatic nitrogens is 2. The predicted octanol–water partition coefficient (Wildman–Crippen LogP) is 3.34. The molecule has 3 N–H and O–H groups in total. The second kappa shape index (κ2) is 6.98. The van der Waals surface area contributed by atoms with E-state index in [0.29, 0.717) is 29.7 Å². The van der Waals surface area contributed by atoms with E-state index in [0.717, 1.165) is 12.1 Å². The van der Waals surface area contributed by atoms with Crippen LogP contribution in [0.2, 0.25) is 0 Å². The van der Waals surface area contributed by atoms with Gasteiger partial charge in [-0.2, -0.15) is 0 Å². The maximum Gasteiger partial charge on any atom is 0.270 e. The Morgan fingerprint density at radius 3 is 2.52 bits per heavy atom. The van der Waals surface area contributed by atoms with Gasteiger partial charge in [0.15, 0.2) is 11.6 Å². The van der Waals surface area contributed by atoms with E-state index >= 15 is 0 Å². The number of carbonyl (C=O) groups is 1. The van der Waals surface area contributed by atoms with Crippen LogP contribution in [-0.4, -0.2) is 34.4 Å². The average Bonchev–Trinajstić information content (AvgIpc) is 3.19. The van der Waals surface area contributed by atoms with Crippen molar-refractivity contribution >= 4 is 27.6 Å². The van der Waals surface area contributed by atoms with Crippen molar-refractivity contribution in [3.63, 3.8) is 0 Å². The Hall–Kier alpha value is -3.59. The number of rotatable bonds is 2. The van der Waals surface area contributed by atoms with Crippen molar-refractivity contribution in [1.82, 2.24) is 20.2 Å². The summed E-state index contributed by atoms with van der Waals surface area (Å²) >= 11 is 0. The lowest BCUT2D eigenvalue weighted by Gasteiger charge is -2.34. The quantitative estimate of drug-likeness (QED) is 0.460. The Balaban J connectivity index is 1.62. The van der Waals surface area contributed by atoms with Crippen molar-refractivity contribution in [3.05, 3.63) is 81.2 Å². The second-order valence-electron chi connectivity index (χ2n) is 7.61. The fraction of sp³-hybridized carbons (Fsp3) is 0.182. The first kappa shape index (κ1) is 19.4. The van der Waals surface area contributed by atoms with E-state index < -0.39 is 35.0 Å². The van der Waals surface area contributed by atoms with E-state index in [-0.39, 0.29) is 22.0 Å². The Bertz CT molecular complexity index is 1430. The van der Waals surface area contributed by atoms with Crippen LogP contribution < -0.4 is 10.9 Å². The summed E-state index contributed by atoms with van der Waals surface area (Å²) in [6.07, 6.45) is 0. The van der Waals surface area contributed by atoms with E-state index in [9.17, 15) is 22.8 Å². The van der Waals surface area contributed by atoms with Gasteiger partial charge in [-0.1, -0.05) is 12.1 Å². The molecule has 3 heterocycles. The summed E-state index contributed by atoms with van der Waals surface area (Å²) in [7, 11) is 1.57. The lowest BCUT2D eigenvalue weighted by Crippen LogP contribution is -2.42. The highest BCUT2D eigenvalue weighted by Crippen LogP contribution is 2.33. The lowest BCUT2D eigenvalue weighted by molar-refractivity contribution is 0.0718. The molecule has 158 valence electrons. The number of para-hydroxylation sites is 1. The Kier molecular flexibility index (Phi) is 4.37.